The van der Waals surface area contributed by atoms with Crippen molar-refractivity contribution >= 4 is 34.1 Å². The van der Waals surface area contributed by atoms with Crippen LogP contribution in [0, 0.1) is 0 Å². The van der Waals surface area contributed by atoms with Crippen molar-refractivity contribution in [2.75, 3.05) is 23.3 Å². The third-order valence-corrected chi connectivity index (χ3v) is 6.10. The van der Waals surface area contributed by atoms with Gasteiger partial charge in [-0.05, 0) is 49.6 Å². The maximum Gasteiger partial charge on any atom is 0.194 e. The quantitative estimate of drug-likeness (QED) is 0.466. The van der Waals surface area contributed by atoms with Crippen LogP contribution in [0.4, 0.5) is 11.6 Å². The van der Waals surface area contributed by atoms with Crippen LogP contribution in [0.1, 0.15) is 24.8 Å². The molecule has 0 atom stereocenters. The van der Waals surface area contributed by atoms with E-state index >= 15 is 0 Å². The lowest BCUT2D eigenvalue weighted by Crippen LogP contribution is -2.30. The van der Waals surface area contributed by atoms with Crippen LogP contribution in [-0.4, -0.2) is 27.6 Å². The number of fused-ring (bicyclic) bond motifs is 1. The second-order valence-corrected chi connectivity index (χ2v) is 8.45. The number of hydrogen-bond acceptors (Lipinski definition) is 5. The minimum atomic E-state index is -0.0124. The molecular weight excluding hydrogens is 422 g/mol. The number of pyridine rings is 1. The molecule has 162 valence electrons. The van der Waals surface area contributed by atoms with Gasteiger partial charge in [-0.3, -0.25) is 4.79 Å². The number of para-hydroxylation sites is 1. The van der Waals surface area contributed by atoms with Crippen molar-refractivity contribution in [1.82, 2.24) is 14.5 Å². The molecule has 0 spiro atoms. The SMILES string of the molecule is O=c1c(CNc2cc(N3CCCCC3)ncn2)cn(-c2ccccc2)c2cc(Cl)ccc12. The summed E-state index contributed by atoms with van der Waals surface area (Å²) in [5, 5.41) is 4.55. The Balaban J connectivity index is 1.48. The molecule has 1 fully saturated rings. The number of nitrogens with zero attached hydrogens (tertiary/aromatic N) is 4. The van der Waals surface area contributed by atoms with Gasteiger partial charge in [-0.25, -0.2) is 9.97 Å². The summed E-state index contributed by atoms with van der Waals surface area (Å²) in [6, 6.07) is 17.3. The summed E-state index contributed by atoms with van der Waals surface area (Å²) in [5.74, 6) is 1.64. The number of nitrogens with one attached hydrogen (secondary N) is 1. The lowest BCUT2D eigenvalue weighted by molar-refractivity contribution is 0.573. The number of aromatic nitrogens is 3. The monoisotopic (exact) mass is 445 g/mol. The van der Waals surface area contributed by atoms with Crippen molar-refractivity contribution < 1.29 is 0 Å². The zero-order chi connectivity index (χ0) is 21.9. The van der Waals surface area contributed by atoms with E-state index in [0.29, 0.717) is 28.3 Å². The number of halogens is 1. The third-order valence-electron chi connectivity index (χ3n) is 5.87. The summed E-state index contributed by atoms with van der Waals surface area (Å²) in [4.78, 5) is 24.3. The Morgan fingerprint density at radius 2 is 1.78 bits per heavy atom. The van der Waals surface area contributed by atoms with Gasteiger partial charge in [0.15, 0.2) is 5.43 Å². The Morgan fingerprint density at radius 3 is 2.59 bits per heavy atom. The molecule has 0 bridgehead atoms. The molecule has 0 radical (unpaired) electrons. The van der Waals surface area contributed by atoms with Crippen LogP contribution in [0.5, 0.6) is 0 Å². The van der Waals surface area contributed by atoms with Gasteiger partial charge < -0.3 is 14.8 Å². The average Bonchev–Trinajstić information content (AvgIpc) is 2.85. The number of anilines is 2. The molecule has 1 N–H and O–H groups in total. The molecule has 5 rings (SSSR count). The van der Waals surface area contributed by atoms with Gasteiger partial charge in [0, 0.05) is 53.6 Å². The Labute approximate surface area is 191 Å². The minimum Gasteiger partial charge on any atom is -0.366 e. The fraction of sp³-hybridized carbons (Fsp3) is 0.240. The van der Waals surface area contributed by atoms with E-state index in [2.05, 4.69) is 20.2 Å². The highest BCUT2D eigenvalue weighted by atomic mass is 35.5. The fourth-order valence-electron chi connectivity index (χ4n) is 4.21. The maximum absolute atomic E-state index is 13.2. The molecule has 1 saturated heterocycles. The van der Waals surface area contributed by atoms with E-state index in [1.807, 2.05) is 53.2 Å². The summed E-state index contributed by atoms with van der Waals surface area (Å²) in [7, 11) is 0. The van der Waals surface area contributed by atoms with Gasteiger partial charge in [0.2, 0.25) is 0 Å². The van der Waals surface area contributed by atoms with Crippen molar-refractivity contribution in [2.45, 2.75) is 25.8 Å². The van der Waals surface area contributed by atoms with Gasteiger partial charge in [0.1, 0.15) is 18.0 Å². The Kier molecular flexibility index (Phi) is 5.77. The van der Waals surface area contributed by atoms with Crippen molar-refractivity contribution in [3.63, 3.8) is 0 Å². The number of piperidine rings is 1. The van der Waals surface area contributed by atoms with Crippen LogP contribution < -0.4 is 15.6 Å². The molecule has 2 aromatic heterocycles. The molecule has 4 aromatic rings. The standard InChI is InChI=1S/C25H24ClN5O/c26-19-9-10-21-22(13-19)31(20-7-3-1-4-8-20)16-18(25(21)32)15-27-23-14-24(29-17-28-23)30-11-5-2-6-12-30/h1,3-4,7-10,13-14,16-17H,2,5-6,11-12,15H2,(H,27,28,29). The van der Waals surface area contributed by atoms with E-state index in [0.717, 1.165) is 30.1 Å². The van der Waals surface area contributed by atoms with E-state index in [-0.39, 0.29) is 5.43 Å². The predicted molar refractivity (Wildman–Crippen MR) is 130 cm³/mol. The van der Waals surface area contributed by atoms with Gasteiger partial charge in [-0.15, -0.1) is 0 Å². The number of hydrogen-bond donors (Lipinski definition) is 1. The highest BCUT2D eigenvalue weighted by molar-refractivity contribution is 6.31. The van der Waals surface area contributed by atoms with E-state index in [4.69, 9.17) is 11.6 Å². The highest BCUT2D eigenvalue weighted by Gasteiger charge is 2.14. The highest BCUT2D eigenvalue weighted by Crippen LogP contribution is 2.23. The van der Waals surface area contributed by atoms with Crippen molar-refractivity contribution in [2.24, 2.45) is 0 Å². The van der Waals surface area contributed by atoms with Crippen LogP contribution in [-0.2, 0) is 6.54 Å². The summed E-state index contributed by atoms with van der Waals surface area (Å²) in [6.07, 6.45) is 7.11. The number of benzene rings is 2. The van der Waals surface area contributed by atoms with Gasteiger partial charge in [0.25, 0.3) is 0 Å². The molecule has 1 aliphatic rings. The first kappa shape index (κ1) is 20.5. The molecule has 0 aliphatic carbocycles. The first-order chi connectivity index (χ1) is 15.7. The van der Waals surface area contributed by atoms with Gasteiger partial charge >= 0.3 is 0 Å². The van der Waals surface area contributed by atoms with E-state index in [1.165, 1.54) is 19.3 Å². The maximum atomic E-state index is 13.2. The van der Waals surface area contributed by atoms with E-state index < -0.39 is 0 Å². The first-order valence-electron chi connectivity index (χ1n) is 10.9. The first-order valence-corrected chi connectivity index (χ1v) is 11.3. The number of rotatable bonds is 5. The summed E-state index contributed by atoms with van der Waals surface area (Å²) < 4.78 is 2.01. The summed E-state index contributed by atoms with van der Waals surface area (Å²) in [5.41, 5.74) is 2.39. The van der Waals surface area contributed by atoms with E-state index in [1.54, 1.807) is 18.5 Å². The smallest absolute Gasteiger partial charge is 0.194 e. The van der Waals surface area contributed by atoms with Crippen molar-refractivity contribution in [3.05, 3.63) is 87.9 Å². The van der Waals surface area contributed by atoms with Crippen LogP contribution in [0.25, 0.3) is 16.6 Å². The van der Waals surface area contributed by atoms with Gasteiger partial charge in [0.05, 0.1) is 5.52 Å². The molecule has 1 aliphatic heterocycles. The lowest BCUT2D eigenvalue weighted by Gasteiger charge is -2.27. The van der Waals surface area contributed by atoms with Crippen LogP contribution in [0.3, 0.4) is 0 Å². The van der Waals surface area contributed by atoms with Gasteiger partial charge in [-0.1, -0.05) is 29.8 Å². The molecule has 6 nitrogen and oxygen atoms in total. The predicted octanol–water partition coefficient (Wildman–Crippen LogP) is 5.04. The van der Waals surface area contributed by atoms with Crippen LogP contribution in [0.15, 0.2) is 71.9 Å². The Morgan fingerprint density at radius 1 is 0.969 bits per heavy atom. The van der Waals surface area contributed by atoms with Crippen LogP contribution >= 0.6 is 11.6 Å². The zero-order valence-electron chi connectivity index (χ0n) is 17.7. The second-order valence-electron chi connectivity index (χ2n) is 8.01. The average molecular weight is 446 g/mol. The normalized spacial score (nSPS) is 14.0. The molecule has 0 saturated carbocycles. The fourth-order valence-corrected chi connectivity index (χ4v) is 4.37. The topological polar surface area (TPSA) is 63.1 Å². The summed E-state index contributed by atoms with van der Waals surface area (Å²) >= 11 is 6.24. The third kappa shape index (κ3) is 4.18. The molecule has 7 heteroatoms. The molecule has 3 heterocycles. The molecule has 32 heavy (non-hydrogen) atoms. The molecule has 0 unspecified atom stereocenters. The van der Waals surface area contributed by atoms with Gasteiger partial charge in [-0.2, -0.15) is 0 Å². The van der Waals surface area contributed by atoms with E-state index in [9.17, 15) is 4.79 Å². The largest absolute Gasteiger partial charge is 0.366 e. The zero-order valence-corrected chi connectivity index (χ0v) is 18.4. The van der Waals surface area contributed by atoms with Crippen molar-refractivity contribution in [1.29, 1.82) is 0 Å². The molecule has 2 aromatic carbocycles. The Bertz CT molecular complexity index is 1300. The lowest BCUT2D eigenvalue weighted by atomic mass is 10.1. The van der Waals surface area contributed by atoms with Crippen LogP contribution in [0.2, 0.25) is 5.02 Å². The summed E-state index contributed by atoms with van der Waals surface area (Å²) in [6.45, 7) is 2.40. The second kappa shape index (κ2) is 9.01. The Hall–Kier alpha value is -3.38. The molecule has 0 amide bonds. The minimum absolute atomic E-state index is 0.0124. The molecular formula is C25H24ClN5O. The van der Waals surface area contributed by atoms with Crippen molar-refractivity contribution in [3.8, 4) is 5.69 Å².